The van der Waals surface area contributed by atoms with Crippen molar-refractivity contribution in [2.45, 2.75) is 13.0 Å². The third-order valence-corrected chi connectivity index (χ3v) is 4.29. The Morgan fingerprint density at radius 2 is 1.92 bits per heavy atom. The van der Waals surface area contributed by atoms with Crippen LogP contribution in [0.2, 0.25) is 0 Å². The third kappa shape index (κ3) is 2.57. The molecule has 0 saturated carbocycles. The summed E-state index contributed by atoms with van der Waals surface area (Å²) in [5.74, 6) is 0.0917. The van der Waals surface area contributed by atoms with Crippen LogP contribution in [0.1, 0.15) is 27.2 Å². The molecule has 4 nitrogen and oxygen atoms in total. The second-order valence-corrected chi connectivity index (χ2v) is 5.90. The fraction of sp³-hybridized carbons (Fsp3) is 0.100. The van der Waals surface area contributed by atoms with Gasteiger partial charge in [-0.25, -0.2) is 0 Å². The summed E-state index contributed by atoms with van der Waals surface area (Å²) in [6, 6.07) is 17.2. The molecule has 0 unspecified atom stereocenters. The Morgan fingerprint density at radius 1 is 1.12 bits per heavy atom. The lowest BCUT2D eigenvalue weighted by molar-refractivity contribution is 0.104. The highest BCUT2D eigenvalue weighted by atomic mass is 16.3. The molecule has 3 aromatic rings. The van der Waals surface area contributed by atoms with Gasteiger partial charge in [-0.05, 0) is 23.3 Å². The number of nitrogens with zero attached hydrogens (tertiary/aromatic N) is 1. The van der Waals surface area contributed by atoms with Crippen molar-refractivity contribution in [3.8, 4) is 11.3 Å². The summed E-state index contributed by atoms with van der Waals surface area (Å²) in [6.07, 6.45) is 2.54. The smallest absolute Gasteiger partial charge is 0.189 e. The van der Waals surface area contributed by atoms with Crippen LogP contribution in [0, 0.1) is 0 Å². The number of benzene rings is 2. The number of ketones is 1. The van der Waals surface area contributed by atoms with Crippen LogP contribution < -0.4 is 0 Å². The minimum Gasteiger partial charge on any atom is -0.392 e. The zero-order valence-corrected chi connectivity index (χ0v) is 13.0. The van der Waals surface area contributed by atoms with Gasteiger partial charge in [-0.2, -0.15) is 5.10 Å². The number of aliphatic hydroxyl groups excluding tert-OH is 1. The Balaban J connectivity index is 1.61. The number of fused-ring (bicyclic) bond motifs is 1. The molecule has 0 fully saturated rings. The molecule has 1 heterocycles. The van der Waals surface area contributed by atoms with Crippen LogP contribution in [0.4, 0.5) is 0 Å². The van der Waals surface area contributed by atoms with Gasteiger partial charge in [-0.1, -0.05) is 48.5 Å². The number of rotatable bonds is 3. The highest BCUT2D eigenvalue weighted by Crippen LogP contribution is 2.28. The van der Waals surface area contributed by atoms with Crippen LogP contribution in [0.3, 0.4) is 0 Å². The van der Waals surface area contributed by atoms with Gasteiger partial charge < -0.3 is 5.11 Å². The molecule has 0 bridgehead atoms. The second-order valence-electron chi connectivity index (χ2n) is 5.90. The van der Waals surface area contributed by atoms with E-state index in [1.54, 1.807) is 0 Å². The first-order valence-corrected chi connectivity index (χ1v) is 7.83. The minimum atomic E-state index is 0.0286. The number of Topliss-reactive ketones (excluding diaryl/α,β-unsaturated/α-hetero) is 1. The number of H-pyrrole nitrogens is 1. The summed E-state index contributed by atoms with van der Waals surface area (Å²) >= 11 is 0. The van der Waals surface area contributed by atoms with Gasteiger partial charge in [0.1, 0.15) is 0 Å². The van der Waals surface area contributed by atoms with Crippen molar-refractivity contribution in [3.05, 3.63) is 82.6 Å². The van der Waals surface area contributed by atoms with Gasteiger partial charge in [0.25, 0.3) is 0 Å². The average Bonchev–Trinajstić information content (AvgIpc) is 3.21. The Bertz CT molecular complexity index is 936. The highest BCUT2D eigenvalue weighted by Gasteiger charge is 2.24. The SMILES string of the molecule is O=C1/C(=C/c2cc(-c3ccc(CO)cc3)n[nH]2)Cc2ccccc21. The van der Waals surface area contributed by atoms with Gasteiger partial charge in [0.2, 0.25) is 0 Å². The van der Waals surface area contributed by atoms with E-state index in [0.717, 1.165) is 39.2 Å². The zero-order valence-electron chi connectivity index (χ0n) is 13.0. The molecule has 2 N–H and O–H groups in total. The molecule has 4 heteroatoms. The fourth-order valence-electron chi connectivity index (χ4n) is 3.00. The van der Waals surface area contributed by atoms with Crippen molar-refractivity contribution in [2.75, 3.05) is 0 Å². The van der Waals surface area contributed by atoms with E-state index in [9.17, 15) is 4.79 Å². The molecule has 4 rings (SSSR count). The summed E-state index contributed by atoms with van der Waals surface area (Å²) in [7, 11) is 0. The molecule has 24 heavy (non-hydrogen) atoms. The Hall–Kier alpha value is -2.98. The Kier molecular flexibility index (Phi) is 3.59. The van der Waals surface area contributed by atoms with E-state index >= 15 is 0 Å². The van der Waals surface area contributed by atoms with Crippen molar-refractivity contribution in [1.29, 1.82) is 0 Å². The quantitative estimate of drug-likeness (QED) is 0.728. The van der Waals surface area contributed by atoms with E-state index in [2.05, 4.69) is 10.2 Å². The van der Waals surface area contributed by atoms with Crippen LogP contribution >= 0.6 is 0 Å². The number of aromatic amines is 1. The fourth-order valence-corrected chi connectivity index (χ4v) is 3.00. The second kappa shape index (κ2) is 5.91. The molecule has 0 atom stereocenters. The number of aromatic nitrogens is 2. The third-order valence-electron chi connectivity index (χ3n) is 4.29. The molecule has 1 aliphatic rings. The Morgan fingerprint density at radius 3 is 2.67 bits per heavy atom. The first-order chi connectivity index (χ1) is 11.7. The lowest BCUT2D eigenvalue weighted by Gasteiger charge is -1.98. The predicted molar refractivity (Wildman–Crippen MR) is 92.4 cm³/mol. The standard InChI is InChI=1S/C20H16N2O2/c23-12-13-5-7-14(8-6-13)19-11-17(21-22-19)10-16-9-15-3-1-2-4-18(15)20(16)24/h1-8,10-11,23H,9,12H2,(H,21,22)/b16-10+. The van der Waals surface area contributed by atoms with Crippen molar-refractivity contribution < 1.29 is 9.90 Å². The molecule has 0 amide bonds. The summed E-state index contributed by atoms with van der Waals surface area (Å²) in [6.45, 7) is 0.0286. The van der Waals surface area contributed by atoms with Gasteiger partial charge in [-0.3, -0.25) is 9.89 Å². The molecule has 0 spiro atoms. The maximum atomic E-state index is 12.4. The number of carbonyl (C=O) groups is 1. The van der Waals surface area contributed by atoms with E-state index in [4.69, 9.17) is 5.11 Å². The summed E-state index contributed by atoms with van der Waals surface area (Å²) in [5.41, 5.74) is 6.11. The predicted octanol–water partition coefficient (Wildman–Crippen LogP) is 3.39. The number of hydrogen-bond donors (Lipinski definition) is 2. The van der Waals surface area contributed by atoms with Crippen molar-refractivity contribution in [1.82, 2.24) is 10.2 Å². The minimum absolute atomic E-state index is 0.0286. The molecular formula is C20H16N2O2. The van der Waals surface area contributed by atoms with Crippen LogP contribution in [0.5, 0.6) is 0 Å². The average molecular weight is 316 g/mol. The molecule has 118 valence electrons. The number of carbonyl (C=O) groups excluding carboxylic acids is 1. The topological polar surface area (TPSA) is 66.0 Å². The van der Waals surface area contributed by atoms with Crippen LogP contribution in [0.25, 0.3) is 17.3 Å². The lowest BCUT2D eigenvalue weighted by atomic mass is 10.1. The molecule has 0 saturated heterocycles. The van der Waals surface area contributed by atoms with E-state index in [-0.39, 0.29) is 12.4 Å². The largest absolute Gasteiger partial charge is 0.392 e. The molecule has 1 aromatic heterocycles. The van der Waals surface area contributed by atoms with Crippen molar-refractivity contribution in [2.24, 2.45) is 0 Å². The highest BCUT2D eigenvalue weighted by molar-refractivity contribution is 6.15. The maximum absolute atomic E-state index is 12.4. The number of hydrogen-bond acceptors (Lipinski definition) is 3. The van der Waals surface area contributed by atoms with Crippen molar-refractivity contribution >= 4 is 11.9 Å². The first kappa shape index (κ1) is 14.6. The molecule has 0 radical (unpaired) electrons. The van der Waals surface area contributed by atoms with E-state index in [1.165, 1.54) is 0 Å². The zero-order chi connectivity index (χ0) is 16.5. The number of aliphatic hydroxyl groups is 1. The normalized spacial score (nSPS) is 15.0. The van der Waals surface area contributed by atoms with Crippen LogP contribution in [-0.4, -0.2) is 21.1 Å². The molecule has 0 aliphatic heterocycles. The number of nitrogens with one attached hydrogen (secondary N) is 1. The van der Waals surface area contributed by atoms with E-state index in [1.807, 2.05) is 60.7 Å². The van der Waals surface area contributed by atoms with Gasteiger partial charge in [-0.15, -0.1) is 0 Å². The molecule has 2 aromatic carbocycles. The monoisotopic (exact) mass is 316 g/mol. The van der Waals surface area contributed by atoms with Crippen LogP contribution in [-0.2, 0) is 13.0 Å². The van der Waals surface area contributed by atoms with Crippen LogP contribution in [0.15, 0.2) is 60.2 Å². The Labute approximate surface area is 139 Å². The number of allylic oxidation sites excluding steroid dienone is 1. The summed E-state index contributed by atoms with van der Waals surface area (Å²) < 4.78 is 0. The van der Waals surface area contributed by atoms with Gasteiger partial charge >= 0.3 is 0 Å². The van der Waals surface area contributed by atoms with E-state index in [0.29, 0.717) is 6.42 Å². The van der Waals surface area contributed by atoms with Crippen molar-refractivity contribution in [3.63, 3.8) is 0 Å². The molecular weight excluding hydrogens is 300 g/mol. The molecule has 1 aliphatic carbocycles. The lowest BCUT2D eigenvalue weighted by Crippen LogP contribution is -1.94. The van der Waals surface area contributed by atoms with Gasteiger partial charge in [0.05, 0.1) is 18.0 Å². The first-order valence-electron chi connectivity index (χ1n) is 7.83. The van der Waals surface area contributed by atoms with E-state index < -0.39 is 0 Å². The van der Waals surface area contributed by atoms with Gasteiger partial charge in [0.15, 0.2) is 5.78 Å². The maximum Gasteiger partial charge on any atom is 0.189 e. The van der Waals surface area contributed by atoms with Gasteiger partial charge in [0, 0.05) is 23.1 Å². The summed E-state index contributed by atoms with van der Waals surface area (Å²) in [5, 5.41) is 16.4. The summed E-state index contributed by atoms with van der Waals surface area (Å²) in [4.78, 5) is 12.4.